The van der Waals surface area contributed by atoms with E-state index < -0.39 is 0 Å². The van der Waals surface area contributed by atoms with Crippen LogP contribution in [-0.4, -0.2) is 20.2 Å². The molecule has 1 heterocycles. The Labute approximate surface area is 104 Å². The maximum Gasteiger partial charge on any atom is 0.142 e. The van der Waals surface area contributed by atoms with Gasteiger partial charge in [0.15, 0.2) is 0 Å². The third-order valence-corrected chi connectivity index (χ3v) is 2.87. The molecule has 0 atom stereocenters. The van der Waals surface area contributed by atoms with Crippen LogP contribution in [-0.2, 0) is 0 Å². The summed E-state index contributed by atoms with van der Waals surface area (Å²) in [6.45, 7) is 1.92. The Morgan fingerprint density at radius 3 is 2.67 bits per heavy atom. The molecular formula is C14H12N2O2. The number of fused-ring (bicyclic) bond motifs is 1. The Morgan fingerprint density at radius 1 is 1.06 bits per heavy atom. The summed E-state index contributed by atoms with van der Waals surface area (Å²) in [6.07, 6.45) is 0. The second-order valence-corrected chi connectivity index (χ2v) is 4.31. The van der Waals surface area contributed by atoms with E-state index in [1.165, 1.54) is 0 Å². The van der Waals surface area contributed by atoms with Crippen LogP contribution in [0.15, 0.2) is 36.4 Å². The zero-order chi connectivity index (χ0) is 12.7. The molecular weight excluding hydrogens is 228 g/mol. The maximum absolute atomic E-state index is 9.92. The van der Waals surface area contributed by atoms with Crippen LogP contribution in [0, 0.1) is 6.92 Å². The first-order valence-electron chi connectivity index (χ1n) is 5.62. The Balaban J connectivity index is 2.19. The molecule has 0 radical (unpaired) electrons. The van der Waals surface area contributed by atoms with Gasteiger partial charge in [-0.2, -0.15) is 0 Å². The number of aromatic nitrogens is 2. The summed E-state index contributed by atoms with van der Waals surface area (Å²) in [6, 6.07) is 10.4. The van der Waals surface area contributed by atoms with Crippen molar-refractivity contribution in [2.75, 3.05) is 0 Å². The van der Waals surface area contributed by atoms with Crippen molar-refractivity contribution >= 4 is 11.0 Å². The summed E-state index contributed by atoms with van der Waals surface area (Å²) in [5, 5.41) is 19.3. The second kappa shape index (κ2) is 3.77. The molecule has 4 heteroatoms. The number of aryl methyl sites for hydroxylation is 1. The van der Waals surface area contributed by atoms with Gasteiger partial charge < -0.3 is 15.2 Å². The summed E-state index contributed by atoms with van der Waals surface area (Å²) in [5.74, 6) is 0.970. The molecule has 4 nitrogen and oxygen atoms in total. The SMILES string of the molecule is Cc1ccc(-c2nc3ccc(O)cc3[nH]2)c(O)c1. The minimum absolute atomic E-state index is 0.186. The van der Waals surface area contributed by atoms with Gasteiger partial charge >= 0.3 is 0 Å². The minimum atomic E-state index is 0.186. The Kier molecular flexibility index (Phi) is 2.23. The van der Waals surface area contributed by atoms with Crippen LogP contribution in [0.25, 0.3) is 22.4 Å². The third kappa shape index (κ3) is 1.68. The zero-order valence-corrected chi connectivity index (χ0v) is 9.81. The first-order valence-corrected chi connectivity index (χ1v) is 5.62. The molecule has 90 valence electrons. The first-order chi connectivity index (χ1) is 8.63. The van der Waals surface area contributed by atoms with E-state index in [-0.39, 0.29) is 11.5 Å². The van der Waals surface area contributed by atoms with Gasteiger partial charge in [-0.25, -0.2) is 4.98 Å². The highest BCUT2D eigenvalue weighted by atomic mass is 16.3. The molecule has 0 saturated heterocycles. The summed E-state index contributed by atoms with van der Waals surface area (Å²) in [5.41, 5.74) is 3.13. The van der Waals surface area contributed by atoms with E-state index in [0.717, 1.165) is 16.6 Å². The highest BCUT2D eigenvalue weighted by Crippen LogP contribution is 2.30. The van der Waals surface area contributed by atoms with Crippen LogP contribution in [0.3, 0.4) is 0 Å². The van der Waals surface area contributed by atoms with E-state index in [0.29, 0.717) is 11.4 Å². The molecule has 3 rings (SSSR count). The topological polar surface area (TPSA) is 69.1 Å². The molecule has 1 aromatic heterocycles. The monoisotopic (exact) mass is 240 g/mol. The molecule has 3 aromatic rings. The lowest BCUT2D eigenvalue weighted by Gasteiger charge is -2.01. The first kappa shape index (κ1) is 10.7. The summed E-state index contributed by atoms with van der Waals surface area (Å²) in [4.78, 5) is 7.47. The van der Waals surface area contributed by atoms with Crippen LogP contribution < -0.4 is 0 Å². The Hall–Kier alpha value is -2.49. The summed E-state index contributed by atoms with van der Waals surface area (Å²) in [7, 11) is 0. The minimum Gasteiger partial charge on any atom is -0.508 e. The molecule has 0 aliphatic rings. The van der Waals surface area contributed by atoms with Crippen molar-refractivity contribution in [2.45, 2.75) is 6.92 Å². The van der Waals surface area contributed by atoms with Crippen LogP contribution in [0.4, 0.5) is 0 Å². The average Bonchev–Trinajstić information content (AvgIpc) is 2.71. The number of benzene rings is 2. The van der Waals surface area contributed by atoms with Gasteiger partial charge in [0.1, 0.15) is 17.3 Å². The van der Waals surface area contributed by atoms with Crippen molar-refractivity contribution in [3.05, 3.63) is 42.0 Å². The van der Waals surface area contributed by atoms with Gasteiger partial charge in [0.2, 0.25) is 0 Å². The predicted molar refractivity (Wildman–Crippen MR) is 69.6 cm³/mol. The van der Waals surface area contributed by atoms with Gasteiger partial charge in [-0.05, 0) is 36.8 Å². The number of aromatic amines is 1. The average molecular weight is 240 g/mol. The van der Waals surface area contributed by atoms with Gasteiger partial charge in [-0.15, -0.1) is 0 Å². The van der Waals surface area contributed by atoms with Crippen molar-refractivity contribution < 1.29 is 10.2 Å². The quantitative estimate of drug-likeness (QED) is 0.612. The Bertz CT molecular complexity index is 732. The van der Waals surface area contributed by atoms with E-state index in [1.54, 1.807) is 24.3 Å². The van der Waals surface area contributed by atoms with Crippen LogP contribution in [0.2, 0.25) is 0 Å². The number of imidazole rings is 1. The lowest BCUT2D eigenvalue weighted by Crippen LogP contribution is -1.82. The summed E-state index contributed by atoms with van der Waals surface area (Å²) < 4.78 is 0. The standard InChI is InChI=1S/C14H12N2O2/c1-8-2-4-10(13(18)6-8)14-15-11-5-3-9(17)7-12(11)16-14/h2-7,17-18H,1H3,(H,15,16). The van der Waals surface area contributed by atoms with E-state index in [4.69, 9.17) is 0 Å². The number of phenolic OH excluding ortho intramolecular Hbond substituents is 2. The van der Waals surface area contributed by atoms with Crippen LogP contribution in [0.5, 0.6) is 11.5 Å². The lowest BCUT2D eigenvalue weighted by molar-refractivity contribution is 0.476. The van der Waals surface area contributed by atoms with Crippen molar-refractivity contribution in [1.29, 1.82) is 0 Å². The molecule has 0 fully saturated rings. The largest absolute Gasteiger partial charge is 0.508 e. The van der Waals surface area contributed by atoms with Gasteiger partial charge in [-0.1, -0.05) is 6.07 Å². The number of aromatic hydroxyl groups is 2. The number of H-pyrrole nitrogens is 1. The fourth-order valence-corrected chi connectivity index (χ4v) is 1.97. The number of nitrogens with one attached hydrogen (secondary N) is 1. The molecule has 0 aliphatic carbocycles. The van der Waals surface area contributed by atoms with E-state index in [1.807, 2.05) is 19.1 Å². The van der Waals surface area contributed by atoms with E-state index in [2.05, 4.69) is 9.97 Å². The number of hydrogen-bond acceptors (Lipinski definition) is 3. The third-order valence-electron chi connectivity index (χ3n) is 2.87. The smallest absolute Gasteiger partial charge is 0.142 e. The molecule has 0 bridgehead atoms. The lowest BCUT2D eigenvalue weighted by atomic mass is 10.1. The number of rotatable bonds is 1. The maximum atomic E-state index is 9.92. The summed E-state index contributed by atoms with van der Waals surface area (Å²) >= 11 is 0. The molecule has 0 saturated carbocycles. The van der Waals surface area contributed by atoms with E-state index >= 15 is 0 Å². The Morgan fingerprint density at radius 2 is 1.89 bits per heavy atom. The molecule has 0 spiro atoms. The van der Waals surface area contributed by atoms with Crippen molar-refractivity contribution in [1.82, 2.24) is 9.97 Å². The second-order valence-electron chi connectivity index (χ2n) is 4.31. The predicted octanol–water partition coefficient (Wildman–Crippen LogP) is 2.95. The normalized spacial score (nSPS) is 10.9. The van der Waals surface area contributed by atoms with Gasteiger partial charge in [0.25, 0.3) is 0 Å². The van der Waals surface area contributed by atoms with Crippen molar-refractivity contribution in [3.8, 4) is 22.9 Å². The zero-order valence-electron chi connectivity index (χ0n) is 9.81. The number of hydrogen-bond donors (Lipinski definition) is 3. The van der Waals surface area contributed by atoms with Crippen molar-refractivity contribution in [3.63, 3.8) is 0 Å². The molecule has 0 unspecified atom stereocenters. The van der Waals surface area contributed by atoms with Gasteiger partial charge in [0, 0.05) is 6.07 Å². The molecule has 0 aliphatic heterocycles. The van der Waals surface area contributed by atoms with Crippen LogP contribution >= 0.6 is 0 Å². The molecule has 0 amide bonds. The highest BCUT2D eigenvalue weighted by molar-refractivity contribution is 5.81. The molecule has 18 heavy (non-hydrogen) atoms. The van der Waals surface area contributed by atoms with Gasteiger partial charge in [-0.3, -0.25) is 0 Å². The highest BCUT2D eigenvalue weighted by Gasteiger charge is 2.09. The molecule has 2 aromatic carbocycles. The fraction of sp³-hybridized carbons (Fsp3) is 0.0714. The van der Waals surface area contributed by atoms with Gasteiger partial charge in [0.05, 0.1) is 16.6 Å². The van der Waals surface area contributed by atoms with E-state index in [9.17, 15) is 10.2 Å². The van der Waals surface area contributed by atoms with Crippen molar-refractivity contribution in [2.24, 2.45) is 0 Å². The number of nitrogens with zero attached hydrogens (tertiary/aromatic N) is 1. The number of phenols is 2. The fourth-order valence-electron chi connectivity index (χ4n) is 1.97. The molecule has 3 N–H and O–H groups in total. The van der Waals surface area contributed by atoms with Crippen LogP contribution in [0.1, 0.15) is 5.56 Å².